The molecule has 2 heterocycles. The van der Waals surface area contributed by atoms with E-state index in [1.807, 2.05) is 19.1 Å². The maximum Gasteiger partial charge on any atom is 0.314 e. The Kier molecular flexibility index (Phi) is 8.71. The van der Waals surface area contributed by atoms with Crippen molar-refractivity contribution in [1.82, 2.24) is 9.97 Å². The maximum absolute atomic E-state index is 12.9. The summed E-state index contributed by atoms with van der Waals surface area (Å²) in [4.78, 5) is 21.7. The second kappa shape index (κ2) is 12.8. The van der Waals surface area contributed by atoms with E-state index < -0.39 is 0 Å². The molecule has 0 spiro atoms. The zero-order valence-corrected chi connectivity index (χ0v) is 23.9. The lowest BCUT2D eigenvalue weighted by Crippen LogP contribution is -2.25. The molecule has 2 aromatic carbocycles. The molecule has 1 saturated carbocycles. The number of carbonyl (C=O) groups is 1. The van der Waals surface area contributed by atoms with Gasteiger partial charge in [-0.2, -0.15) is 10.5 Å². The number of hydrogen-bond donors (Lipinski definition) is 1. The number of rotatable bonds is 8. The molecule has 1 N–H and O–H groups in total. The summed E-state index contributed by atoms with van der Waals surface area (Å²) in [5.41, 5.74) is 3.70. The van der Waals surface area contributed by atoms with Crippen LogP contribution < -0.4 is 19.5 Å². The van der Waals surface area contributed by atoms with Crippen LogP contribution in [0.25, 0.3) is 10.9 Å². The van der Waals surface area contributed by atoms with Gasteiger partial charge in [-0.1, -0.05) is 17.7 Å². The number of hydrogen-bond acceptors (Lipinski definition) is 9. The zero-order valence-electron chi connectivity index (χ0n) is 23.2. The molecule has 42 heavy (non-hydrogen) atoms. The first-order valence-electron chi connectivity index (χ1n) is 13.5. The molecule has 10 heteroatoms. The number of benzene rings is 2. The Hall–Kier alpha value is -4.86. The van der Waals surface area contributed by atoms with Crippen molar-refractivity contribution in [2.45, 2.75) is 39.2 Å². The van der Waals surface area contributed by atoms with Crippen molar-refractivity contribution >= 4 is 39.8 Å². The van der Waals surface area contributed by atoms with Crippen LogP contribution >= 0.6 is 11.6 Å². The number of nitrogens with zero attached hydrogens (tertiary/aromatic N) is 4. The number of ether oxygens (including phenoxy) is 3. The van der Waals surface area contributed by atoms with Crippen molar-refractivity contribution in [2.75, 3.05) is 12.4 Å². The summed E-state index contributed by atoms with van der Waals surface area (Å²) in [5.74, 6) is 0.489. The summed E-state index contributed by atoms with van der Waals surface area (Å²) in [6.45, 7) is 2.28. The van der Waals surface area contributed by atoms with Crippen molar-refractivity contribution in [1.29, 1.82) is 10.5 Å². The number of anilines is 2. The average molecular weight is 582 g/mol. The Labute approximate surface area is 248 Å². The smallest absolute Gasteiger partial charge is 0.314 e. The van der Waals surface area contributed by atoms with Crippen LogP contribution in [0.3, 0.4) is 0 Å². The van der Waals surface area contributed by atoms with Crippen LogP contribution in [0.4, 0.5) is 11.4 Å². The van der Waals surface area contributed by atoms with Crippen LogP contribution in [0.5, 0.6) is 17.2 Å². The highest BCUT2D eigenvalue weighted by molar-refractivity contribution is 6.33. The first-order valence-corrected chi connectivity index (χ1v) is 13.9. The largest absolute Gasteiger partial charge is 0.493 e. The summed E-state index contributed by atoms with van der Waals surface area (Å²) >= 11 is 6.62. The van der Waals surface area contributed by atoms with Gasteiger partial charge in [-0.05, 0) is 62.4 Å². The highest BCUT2D eigenvalue weighted by Crippen LogP contribution is 2.39. The molecule has 1 fully saturated rings. The second-order valence-electron chi connectivity index (χ2n) is 10.1. The normalized spacial score (nSPS) is 16.2. The SMILES string of the molecule is COc1cc2c(Nc3ccc(OCc4ncccc4C)cc3Cl)c(C#N)cnc2cc1OC(=O)C1CCC(C#N)CC1. The fourth-order valence-corrected chi connectivity index (χ4v) is 5.17. The van der Waals surface area contributed by atoms with Gasteiger partial charge >= 0.3 is 5.97 Å². The molecule has 2 aromatic heterocycles. The minimum atomic E-state index is -0.358. The predicted molar refractivity (Wildman–Crippen MR) is 158 cm³/mol. The van der Waals surface area contributed by atoms with Gasteiger partial charge in [0.15, 0.2) is 11.5 Å². The standard InChI is InChI=1S/C32H28ClN5O4/c1-19-4-3-11-36-28(19)18-41-23-9-10-26(25(33)12-23)38-31-22(16-35)17-37-27-14-30(29(40-2)13-24(27)31)42-32(39)21-7-5-20(15-34)6-8-21/h3-4,9-14,17,20-21H,5-8,18H2,1-2H3,(H,37,38). The van der Waals surface area contributed by atoms with E-state index in [0.717, 1.165) is 11.3 Å². The van der Waals surface area contributed by atoms with Gasteiger partial charge in [0.25, 0.3) is 0 Å². The number of aryl methyl sites for hydroxylation is 1. The van der Waals surface area contributed by atoms with Crippen molar-refractivity contribution < 1.29 is 19.0 Å². The number of aromatic nitrogens is 2. The van der Waals surface area contributed by atoms with Gasteiger partial charge in [-0.3, -0.25) is 14.8 Å². The highest BCUT2D eigenvalue weighted by Gasteiger charge is 2.28. The highest BCUT2D eigenvalue weighted by atomic mass is 35.5. The number of halogens is 1. The fourth-order valence-electron chi connectivity index (χ4n) is 4.95. The predicted octanol–water partition coefficient (Wildman–Crippen LogP) is 7.03. The summed E-state index contributed by atoms with van der Waals surface area (Å²) in [6.07, 6.45) is 5.75. The molecule has 212 valence electrons. The number of pyridine rings is 2. The molecule has 0 saturated heterocycles. The molecule has 0 aliphatic heterocycles. The molecule has 4 aromatic rings. The molecule has 0 atom stereocenters. The van der Waals surface area contributed by atoms with E-state index in [1.165, 1.54) is 13.3 Å². The van der Waals surface area contributed by atoms with Crippen LogP contribution in [-0.4, -0.2) is 23.0 Å². The average Bonchev–Trinajstić information content (AvgIpc) is 3.01. The van der Waals surface area contributed by atoms with Crippen molar-refractivity contribution in [2.24, 2.45) is 11.8 Å². The number of esters is 1. The zero-order chi connectivity index (χ0) is 29.6. The van der Waals surface area contributed by atoms with Gasteiger partial charge in [-0.15, -0.1) is 0 Å². The van der Waals surface area contributed by atoms with Crippen LogP contribution in [0, 0.1) is 41.4 Å². The number of nitrogens with one attached hydrogen (secondary N) is 1. The van der Waals surface area contributed by atoms with Crippen LogP contribution in [-0.2, 0) is 11.4 Å². The monoisotopic (exact) mass is 581 g/mol. The summed E-state index contributed by atoms with van der Waals surface area (Å²) < 4.78 is 17.2. The maximum atomic E-state index is 12.9. The molecule has 9 nitrogen and oxygen atoms in total. The molecule has 0 amide bonds. The number of methoxy groups -OCH3 is 1. The van der Waals surface area contributed by atoms with Gasteiger partial charge < -0.3 is 19.5 Å². The molecule has 0 radical (unpaired) electrons. The summed E-state index contributed by atoms with van der Waals surface area (Å²) in [7, 11) is 1.48. The van der Waals surface area contributed by atoms with Gasteiger partial charge in [0.2, 0.25) is 0 Å². The third-order valence-corrected chi connectivity index (χ3v) is 7.73. The van der Waals surface area contributed by atoms with Crippen LogP contribution in [0.2, 0.25) is 5.02 Å². The summed E-state index contributed by atoms with van der Waals surface area (Å²) in [6, 6.07) is 16.8. The van der Waals surface area contributed by atoms with Gasteiger partial charge in [-0.25, -0.2) is 0 Å². The molecular weight excluding hydrogens is 554 g/mol. The first kappa shape index (κ1) is 28.7. The molecular formula is C32H28ClN5O4. The lowest BCUT2D eigenvalue weighted by atomic mass is 9.83. The Morgan fingerprint density at radius 2 is 1.90 bits per heavy atom. The van der Waals surface area contributed by atoms with E-state index >= 15 is 0 Å². The second-order valence-corrected chi connectivity index (χ2v) is 10.5. The van der Waals surface area contributed by atoms with Crippen LogP contribution in [0.15, 0.2) is 54.9 Å². The first-order chi connectivity index (χ1) is 20.4. The molecule has 0 unspecified atom stereocenters. The summed E-state index contributed by atoms with van der Waals surface area (Å²) in [5, 5.41) is 23.2. The molecule has 5 rings (SSSR count). The lowest BCUT2D eigenvalue weighted by molar-refractivity contribution is -0.140. The van der Waals surface area contributed by atoms with Gasteiger partial charge in [0.05, 0.1) is 52.3 Å². The van der Waals surface area contributed by atoms with Crippen molar-refractivity contribution in [3.8, 4) is 29.4 Å². The van der Waals surface area contributed by atoms with E-state index in [-0.39, 0.29) is 23.6 Å². The van der Waals surface area contributed by atoms with E-state index in [9.17, 15) is 10.1 Å². The number of carbonyl (C=O) groups excluding carboxylic acids is 1. The van der Waals surface area contributed by atoms with Gasteiger partial charge in [0.1, 0.15) is 18.4 Å². The topological polar surface area (TPSA) is 130 Å². The quantitative estimate of drug-likeness (QED) is 0.172. The third kappa shape index (κ3) is 6.22. The van der Waals surface area contributed by atoms with Crippen molar-refractivity contribution in [3.63, 3.8) is 0 Å². The minimum absolute atomic E-state index is 0.0122. The van der Waals surface area contributed by atoms with E-state index in [4.69, 9.17) is 31.1 Å². The number of nitriles is 2. The molecule has 1 aliphatic rings. The fraction of sp³-hybridized carbons (Fsp3) is 0.281. The van der Waals surface area contributed by atoms with Crippen molar-refractivity contribution in [3.05, 3.63) is 76.7 Å². The van der Waals surface area contributed by atoms with Crippen LogP contribution in [0.1, 0.15) is 42.5 Å². The lowest BCUT2D eigenvalue weighted by Gasteiger charge is -2.23. The molecule has 0 bridgehead atoms. The van der Waals surface area contributed by atoms with E-state index in [1.54, 1.807) is 36.5 Å². The Morgan fingerprint density at radius 1 is 1.10 bits per heavy atom. The molecule has 1 aliphatic carbocycles. The van der Waals surface area contributed by atoms with E-state index in [0.29, 0.717) is 76.7 Å². The van der Waals surface area contributed by atoms with Gasteiger partial charge in [0, 0.05) is 35.8 Å². The number of fused-ring (bicyclic) bond motifs is 1. The third-order valence-electron chi connectivity index (χ3n) is 7.42. The Bertz CT molecular complexity index is 1720. The Balaban J connectivity index is 1.39. The minimum Gasteiger partial charge on any atom is -0.493 e. The Morgan fingerprint density at radius 3 is 2.60 bits per heavy atom. The van der Waals surface area contributed by atoms with E-state index in [2.05, 4.69) is 27.4 Å².